The van der Waals surface area contributed by atoms with E-state index in [9.17, 15) is 4.79 Å². The largest absolute Gasteiger partial charge is 0.343 e. The molecule has 94 valence electrons. The minimum Gasteiger partial charge on any atom is -0.343 e. The van der Waals surface area contributed by atoms with Crippen LogP contribution in [0.3, 0.4) is 0 Å². The third-order valence-electron chi connectivity index (χ3n) is 2.34. The molecular formula is C12H12ClN3O2. The fourth-order valence-corrected chi connectivity index (χ4v) is 1.59. The van der Waals surface area contributed by atoms with E-state index in [1.807, 2.05) is 12.1 Å². The molecule has 2 rings (SSSR count). The normalized spacial score (nSPS) is 10.3. The molecule has 18 heavy (non-hydrogen) atoms. The quantitative estimate of drug-likeness (QED) is 0.859. The first-order valence-electron chi connectivity index (χ1n) is 5.41. The fourth-order valence-electron chi connectivity index (χ4n) is 1.42. The van der Waals surface area contributed by atoms with Gasteiger partial charge in [0.2, 0.25) is 5.89 Å². The Bertz CT molecular complexity index is 537. The summed E-state index contributed by atoms with van der Waals surface area (Å²) >= 11 is 5.67. The van der Waals surface area contributed by atoms with E-state index in [2.05, 4.69) is 15.5 Å². The third-order valence-corrected chi connectivity index (χ3v) is 2.65. The first kappa shape index (κ1) is 12.6. The number of aromatic nitrogens is 2. The lowest BCUT2D eigenvalue weighted by atomic mass is 10.1. The first-order chi connectivity index (χ1) is 8.69. The van der Waals surface area contributed by atoms with Crippen LogP contribution >= 0.6 is 11.6 Å². The summed E-state index contributed by atoms with van der Waals surface area (Å²) in [5.41, 5.74) is 1.54. The Kier molecular flexibility index (Phi) is 3.94. The molecule has 1 amide bonds. The molecule has 0 spiro atoms. The molecular weight excluding hydrogens is 254 g/mol. The molecule has 6 heteroatoms. The summed E-state index contributed by atoms with van der Waals surface area (Å²) in [7, 11) is 0. The summed E-state index contributed by atoms with van der Waals surface area (Å²) in [6.45, 7) is 1.94. The molecule has 1 aromatic heterocycles. The highest BCUT2D eigenvalue weighted by atomic mass is 35.5. The minimum absolute atomic E-state index is 0.188. The molecule has 1 N–H and O–H groups in total. The highest BCUT2D eigenvalue weighted by Gasteiger charge is 2.08. The van der Waals surface area contributed by atoms with Crippen LogP contribution in [0.4, 0.5) is 0 Å². The number of rotatable bonds is 4. The molecule has 0 bridgehead atoms. The Morgan fingerprint density at radius 2 is 2.11 bits per heavy atom. The number of hydrogen-bond donors (Lipinski definition) is 1. The molecule has 0 saturated carbocycles. The Morgan fingerprint density at radius 3 is 2.67 bits per heavy atom. The number of nitrogens with zero attached hydrogens (tertiary/aromatic N) is 2. The highest BCUT2D eigenvalue weighted by Crippen LogP contribution is 2.07. The second-order valence-corrected chi connectivity index (χ2v) is 4.02. The van der Waals surface area contributed by atoms with Crippen molar-refractivity contribution in [2.24, 2.45) is 0 Å². The Balaban J connectivity index is 1.94. The molecule has 0 aliphatic rings. The third kappa shape index (κ3) is 3.07. The summed E-state index contributed by atoms with van der Waals surface area (Å²) in [5, 5.41) is 6.34. The van der Waals surface area contributed by atoms with E-state index in [1.54, 1.807) is 19.1 Å². The van der Waals surface area contributed by atoms with Crippen LogP contribution in [0, 0.1) is 6.92 Å². The lowest BCUT2D eigenvalue weighted by Gasteiger charge is -2.03. The van der Waals surface area contributed by atoms with Gasteiger partial charge in [-0.1, -0.05) is 17.3 Å². The van der Waals surface area contributed by atoms with E-state index in [-0.39, 0.29) is 12.5 Å². The lowest BCUT2D eigenvalue weighted by Crippen LogP contribution is -2.22. The van der Waals surface area contributed by atoms with Crippen molar-refractivity contribution in [2.45, 2.75) is 19.3 Å². The molecule has 2 aromatic rings. The van der Waals surface area contributed by atoms with Gasteiger partial charge in [0.05, 0.1) is 6.54 Å². The van der Waals surface area contributed by atoms with E-state index in [0.717, 1.165) is 5.56 Å². The molecule has 5 nitrogen and oxygen atoms in total. The van der Waals surface area contributed by atoms with Crippen LogP contribution in [0.25, 0.3) is 0 Å². The maximum Gasteiger partial charge on any atom is 0.251 e. The van der Waals surface area contributed by atoms with Crippen LogP contribution in [-0.4, -0.2) is 16.0 Å². The molecule has 0 atom stereocenters. The van der Waals surface area contributed by atoms with Crippen molar-refractivity contribution >= 4 is 17.5 Å². The van der Waals surface area contributed by atoms with Crippen molar-refractivity contribution in [3.8, 4) is 0 Å². The van der Waals surface area contributed by atoms with Gasteiger partial charge in [-0.3, -0.25) is 4.79 Å². The molecule has 0 saturated heterocycles. The standard InChI is InChI=1S/C12H12ClN3O2/c1-8-15-11(18-16-8)7-14-12(17)10-4-2-9(6-13)3-5-10/h2-5H,6-7H2,1H3,(H,14,17). The topological polar surface area (TPSA) is 68.0 Å². The van der Waals surface area contributed by atoms with Crippen molar-refractivity contribution in [1.29, 1.82) is 0 Å². The van der Waals surface area contributed by atoms with Gasteiger partial charge < -0.3 is 9.84 Å². The van der Waals surface area contributed by atoms with Gasteiger partial charge in [-0.2, -0.15) is 4.98 Å². The smallest absolute Gasteiger partial charge is 0.251 e. The number of halogens is 1. The zero-order valence-corrected chi connectivity index (χ0v) is 10.6. The predicted molar refractivity (Wildman–Crippen MR) is 66.2 cm³/mol. The van der Waals surface area contributed by atoms with Crippen molar-refractivity contribution in [2.75, 3.05) is 0 Å². The van der Waals surface area contributed by atoms with E-state index in [1.165, 1.54) is 0 Å². The van der Waals surface area contributed by atoms with Crippen molar-refractivity contribution < 1.29 is 9.32 Å². The SMILES string of the molecule is Cc1noc(CNC(=O)c2ccc(CCl)cc2)n1. The number of amides is 1. The highest BCUT2D eigenvalue weighted by molar-refractivity contribution is 6.17. The summed E-state index contributed by atoms with van der Waals surface area (Å²) in [6, 6.07) is 7.09. The maximum atomic E-state index is 11.8. The zero-order valence-electron chi connectivity index (χ0n) is 9.81. The average Bonchev–Trinajstić information content (AvgIpc) is 2.82. The molecule has 0 fully saturated rings. The van der Waals surface area contributed by atoms with Gasteiger partial charge in [0.15, 0.2) is 5.82 Å². The zero-order chi connectivity index (χ0) is 13.0. The second-order valence-electron chi connectivity index (χ2n) is 3.75. The number of alkyl halides is 1. The van der Waals surface area contributed by atoms with Gasteiger partial charge in [0.1, 0.15) is 0 Å². The monoisotopic (exact) mass is 265 g/mol. The minimum atomic E-state index is -0.188. The Labute approximate surface area is 109 Å². The summed E-state index contributed by atoms with van der Waals surface area (Å²) in [5.74, 6) is 1.18. The van der Waals surface area contributed by atoms with Crippen molar-refractivity contribution in [3.63, 3.8) is 0 Å². The molecule has 1 heterocycles. The number of carbonyl (C=O) groups is 1. The number of aryl methyl sites for hydroxylation is 1. The average molecular weight is 266 g/mol. The van der Waals surface area contributed by atoms with Crippen LogP contribution in [0.2, 0.25) is 0 Å². The Morgan fingerprint density at radius 1 is 1.39 bits per heavy atom. The van der Waals surface area contributed by atoms with Gasteiger partial charge in [-0.05, 0) is 24.6 Å². The van der Waals surface area contributed by atoms with Crippen LogP contribution in [0.1, 0.15) is 27.6 Å². The van der Waals surface area contributed by atoms with Crippen molar-refractivity contribution in [3.05, 3.63) is 47.1 Å². The van der Waals surface area contributed by atoms with Gasteiger partial charge in [0, 0.05) is 11.4 Å². The second kappa shape index (κ2) is 5.64. The van der Waals surface area contributed by atoms with Gasteiger partial charge in [0.25, 0.3) is 5.91 Å². The maximum absolute atomic E-state index is 11.8. The summed E-state index contributed by atoms with van der Waals surface area (Å²) in [6.07, 6.45) is 0. The molecule has 0 aliphatic heterocycles. The van der Waals surface area contributed by atoms with Crippen LogP contribution in [0.15, 0.2) is 28.8 Å². The molecule has 0 aliphatic carbocycles. The van der Waals surface area contributed by atoms with Gasteiger partial charge >= 0.3 is 0 Å². The molecule has 0 unspecified atom stereocenters. The van der Waals surface area contributed by atoms with Crippen LogP contribution in [-0.2, 0) is 12.4 Å². The number of nitrogens with one attached hydrogen (secondary N) is 1. The summed E-state index contributed by atoms with van der Waals surface area (Å²) < 4.78 is 4.89. The van der Waals surface area contributed by atoms with E-state index >= 15 is 0 Å². The van der Waals surface area contributed by atoms with Crippen LogP contribution in [0.5, 0.6) is 0 Å². The fraction of sp³-hybridized carbons (Fsp3) is 0.250. The lowest BCUT2D eigenvalue weighted by molar-refractivity contribution is 0.0946. The molecule has 1 aromatic carbocycles. The Hall–Kier alpha value is -1.88. The van der Waals surface area contributed by atoms with E-state index < -0.39 is 0 Å². The van der Waals surface area contributed by atoms with Gasteiger partial charge in [-0.25, -0.2) is 0 Å². The summed E-state index contributed by atoms with van der Waals surface area (Å²) in [4.78, 5) is 15.8. The number of hydrogen-bond acceptors (Lipinski definition) is 4. The predicted octanol–water partition coefficient (Wildman–Crippen LogP) is 2.05. The van der Waals surface area contributed by atoms with Crippen LogP contribution < -0.4 is 5.32 Å². The van der Waals surface area contributed by atoms with Gasteiger partial charge in [-0.15, -0.1) is 11.6 Å². The van der Waals surface area contributed by atoms with E-state index in [4.69, 9.17) is 16.1 Å². The molecule has 0 radical (unpaired) electrons. The van der Waals surface area contributed by atoms with E-state index in [0.29, 0.717) is 23.2 Å². The number of carbonyl (C=O) groups excluding carboxylic acids is 1. The van der Waals surface area contributed by atoms with Crippen molar-refractivity contribution in [1.82, 2.24) is 15.5 Å². The first-order valence-corrected chi connectivity index (χ1v) is 5.95. The number of benzene rings is 1.